The predicted octanol–water partition coefficient (Wildman–Crippen LogP) is 2.90. The van der Waals surface area contributed by atoms with Crippen molar-refractivity contribution in [2.45, 2.75) is 64.6 Å². The summed E-state index contributed by atoms with van der Waals surface area (Å²) in [6.07, 6.45) is 5.92. The Bertz CT molecular complexity index is 710. The van der Waals surface area contributed by atoms with Crippen LogP contribution in [0.3, 0.4) is 0 Å². The molecule has 0 spiro atoms. The lowest BCUT2D eigenvalue weighted by atomic mass is 9.43. The Morgan fingerprint density at radius 1 is 1.32 bits per heavy atom. The average molecular weight is 346 g/mol. The number of aliphatic hydroxyl groups is 1. The topological polar surface area (TPSA) is 76.7 Å². The van der Waals surface area contributed by atoms with Gasteiger partial charge in [0.15, 0.2) is 0 Å². The minimum absolute atomic E-state index is 0.00555. The summed E-state index contributed by atoms with van der Waals surface area (Å²) in [5.41, 5.74) is -1.52. The molecular formula is C20H26O5. The zero-order chi connectivity index (χ0) is 18.0. The molecule has 136 valence electrons. The molecule has 0 bridgehead atoms. The van der Waals surface area contributed by atoms with Gasteiger partial charge >= 0.3 is 5.97 Å². The van der Waals surface area contributed by atoms with Crippen molar-refractivity contribution in [1.29, 1.82) is 0 Å². The van der Waals surface area contributed by atoms with Crippen LogP contribution in [-0.2, 0) is 20.7 Å². The summed E-state index contributed by atoms with van der Waals surface area (Å²) in [6, 6.07) is 1.92. The third-order valence-electron chi connectivity index (χ3n) is 7.58. The summed E-state index contributed by atoms with van der Waals surface area (Å²) in [5.74, 6) is -0.688. The van der Waals surface area contributed by atoms with Crippen LogP contribution in [0.5, 0.6) is 0 Å². The van der Waals surface area contributed by atoms with Crippen LogP contribution in [0.1, 0.15) is 52.0 Å². The summed E-state index contributed by atoms with van der Waals surface area (Å²) in [6.45, 7) is 5.82. The standard InChI is InChI=1S/C20H26O5/c1-12-10-14-16-18(2,7-5-15(21)19(16,3)17(22)25-14)20(12,23)8-4-13-6-9-24-11-13/h6,9,11-12,14,16,23H,4-5,7-8,10H2,1-3H3/t12-,14+,16-,18-,19-,20+/m1/s1. The molecular weight excluding hydrogens is 320 g/mol. The number of aryl methyl sites for hydroxylation is 1. The van der Waals surface area contributed by atoms with Crippen LogP contribution >= 0.6 is 0 Å². The summed E-state index contributed by atoms with van der Waals surface area (Å²) < 4.78 is 10.8. The molecule has 2 heterocycles. The van der Waals surface area contributed by atoms with E-state index in [2.05, 4.69) is 6.92 Å². The third-order valence-corrected chi connectivity index (χ3v) is 7.58. The first kappa shape index (κ1) is 16.8. The predicted molar refractivity (Wildman–Crippen MR) is 89.6 cm³/mol. The Hall–Kier alpha value is -1.62. The van der Waals surface area contributed by atoms with Crippen molar-refractivity contribution in [1.82, 2.24) is 0 Å². The molecule has 4 rings (SSSR count). The van der Waals surface area contributed by atoms with E-state index in [0.717, 1.165) is 5.56 Å². The molecule has 5 heteroatoms. The molecule has 3 fully saturated rings. The molecule has 2 aliphatic carbocycles. The number of ketones is 1. The second-order valence-corrected chi connectivity index (χ2v) is 8.66. The number of furan rings is 1. The maximum absolute atomic E-state index is 12.6. The van der Waals surface area contributed by atoms with Crippen molar-refractivity contribution in [2.24, 2.45) is 22.7 Å². The second kappa shape index (κ2) is 5.19. The van der Waals surface area contributed by atoms with E-state index in [1.54, 1.807) is 19.5 Å². The average Bonchev–Trinajstić information content (AvgIpc) is 3.16. The Morgan fingerprint density at radius 3 is 2.76 bits per heavy atom. The van der Waals surface area contributed by atoms with Gasteiger partial charge in [0.25, 0.3) is 0 Å². The molecule has 2 saturated carbocycles. The van der Waals surface area contributed by atoms with Crippen LogP contribution in [0, 0.1) is 22.7 Å². The maximum atomic E-state index is 12.6. The number of carbonyl (C=O) groups excluding carboxylic acids is 2. The molecule has 0 radical (unpaired) electrons. The molecule has 5 nitrogen and oxygen atoms in total. The van der Waals surface area contributed by atoms with Gasteiger partial charge in [-0.2, -0.15) is 0 Å². The van der Waals surface area contributed by atoms with Gasteiger partial charge in [-0.25, -0.2) is 0 Å². The first-order valence-corrected chi connectivity index (χ1v) is 9.21. The first-order chi connectivity index (χ1) is 11.7. The van der Waals surface area contributed by atoms with Crippen molar-refractivity contribution < 1.29 is 23.8 Å². The molecule has 1 saturated heterocycles. The van der Waals surface area contributed by atoms with E-state index in [4.69, 9.17) is 9.15 Å². The van der Waals surface area contributed by atoms with E-state index >= 15 is 0 Å². The lowest BCUT2D eigenvalue weighted by molar-refractivity contribution is -0.215. The quantitative estimate of drug-likeness (QED) is 0.673. The summed E-state index contributed by atoms with van der Waals surface area (Å²) in [7, 11) is 0. The molecule has 0 aromatic carbocycles. The van der Waals surface area contributed by atoms with Crippen molar-refractivity contribution in [3.8, 4) is 0 Å². The van der Waals surface area contributed by atoms with E-state index < -0.39 is 22.4 Å². The third kappa shape index (κ3) is 1.99. The Kier molecular flexibility index (Phi) is 3.50. The van der Waals surface area contributed by atoms with Gasteiger partial charge in [0.05, 0.1) is 18.1 Å². The second-order valence-electron chi connectivity index (χ2n) is 8.66. The first-order valence-electron chi connectivity index (χ1n) is 9.21. The largest absolute Gasteiger partial charge is 0.472 e. The van der Waals surface area contributed by atoms with E-state index in [1.807, 2.05) is 13.0 Å². The van der Waals surface area contributed by atoms with Crippen LogP contribution in [-0.4, -0.2) is 28.6 Å². The maximum Gasteiger partial charge on any atom is 0.320 e. The van der Waals surface area contributed by atoms with Crippen molar-refractivity contribution in [3.05, 3.63) is 24.2 Å². The van der Waals surface area contributed by atoms with Crippen molar-refractivity contribution >= 4 is 11.8 Å². The number of hydrogen-bond donors (Lipinski definition) is 1. The Morgan fingerprint density at radius 2 is 2.08 bits per heavy atom. The SMILES string of the molecule is C[C@@H]1C[C@@H]2OC(=O)[C@]3(C)C(=O)CC[C@](C)([C@@H]23)[C@]1(O)CCc1ccoc1. The van der Waals surface area contributed by atoms with Crippen LogP contribution in [0.25, 0.3) is 0 Å². The van der Waals surface area contributed by atoms with Gasteiger partial charge in [0, 0.05) is 17.8 Å². The fourth-order valence-electron chi connectivity index (χ4n) is 6.03. The highest BCUT2D eigenvalue weighted by atomic mass is 16.6. The molecule has 0 amide bonds. The van der Waals surface area contributed by atoms with Gasteiger partial charge in [0.1, 0.15) is 17.3 Å². The van der Waals surface area contributed by atoms with Gasteiger partial charge in [-0.3, -0.25) is 9.59 Å². The van der Waals surface area contributed by atoms with Gasteiger partial charge in [-0.1, -0.05) is 13.8 Å². The molecule has 1 aromatic rings. The normalized spacial score (nSPS) is 46.0. The highest BCUT2D eigenvalue weighted by Crippen LogP contribution is 2.66. The number of ether oxygens (including phenoxy) is 1. The van der Waals surface area contributed by atoms with E-state index in [0.29, 0.717) is 32.1 Å². The fourth-order valence-corrected chi connectivity index (χ4v) is 6.03. The van der Waals surface area contributed by atoms with Crippen LogP contribution in [0.4, 0.5) is 0 Å². The minimum atomic E-state index is -1.11. The number of rotatable bonds is 3. The van der Waals surface area contributed by atoms with E-state index in [1.165, 1.54) is 0 Å². The van der Waals surface area contributed by atoms with Gasteiger partial charge in [0.2, 0.25) is 0 Å². The number of hydrogen-bond acceptors (Lipinski definition) is 5. The van der Waals surface area contributed by atoms with Gasteiger partial charge in [-0.15, -0.1) is 0 Å². The number of carbonyl (C=O) groups is 2. The lowest BCUT2D eigenvalue weighted by Gasteiger charge is -2.60. The van der Waals surface area contributed by atoms with Crippen LogP contribution in [0.2, 0.25) is 0 Å². The monoisotopic (exact) mass is 346 g/mol. The van der Waals surface area contributed by atoms with Crippen LogP contribution < -0.4 is 0 Å². The molecule has 0 unspecified atom stereocenters. The summed E-state index contributed by atoms with van der Waals surface area (Å²) in [4.78, 5) is 25.2. The molecule has 1 aromatic heterocycles. The molecule has 1 N–H and O–H groups in total. The zero-order valence-electron chi connectivity index (χ0n) is 15.1. The molecule has 6 atom stereocenters. The highest BCUT2D eigenvalue weighted by molar-refractivity contribution is 6.06. The van der Waals surface area contributed by atoms with E-state index in [9.17, 15) is 14.7 Å². The highest BCUT2D eigenvalue weighted by Gasteiger charge is 2.73. The Balaban J connectivity index is 1.74. The van der Waals surface area contributed by atoms with Gasteiger partial charge < -0.3 is 14.3 Å². The number of esters is 1. The molecule has 1 aliphatic heterocycles. The van der Waals surface area contributed by atoms with Crippen molar-refractivity contribution in [2.75, 3.05) is 0 Å². The summed E-state index contributed by atoms with van der Waals surface area (Å²) in [5, 5.41) is 11.8. The zero-order valence-corrected chi connectivity index (χ0v) is 15.1. The molecule has 25 heavy (non-hydrogen) atoms. The lowest BCUT2D eigenvalue weighted by Crippen LogP contribution is -2.66. The van der Waals surface area contributed by atoms with E-state index in [-0.39, 0.29) is 23.7 Å². The van der Waals surface area contributed by atoms with Gasteiger partial charge in [-0.05, 0) is 50.2 Å². The smallest absolute Gasteiger partial charge is 0.320 e. The summed E-state index contributed by atoms with van der Waals surface area (Å²) >= 11 is 0. The fraction of sp³-hybridized carbons (Fsp3) is 0.700. The number of Topliss-reactive ketones (excluding diaryl/α,β-unsaturated/α-hetero) is 1. The molecule has 3 aliphatic rings. The van der Waals surface area contributed by atoms with Crippen LogP contribution in [0.15, 0.2) is 23.0 Å². The minimum Gasteiger partial charge on any atom is -0.472 e. The van der Waals surface area contributed by atoms with Crippen molar-refractivity contribution in [3.63, 3.8) is 0 Å². The Labute approximate surface area is 147 Å².